The minimum absolute atomic E-state index is 0.00641. The Kier molecular flexibility index (Phi) is 4.63. The molecule has 0 heterocycles. The van der Waals surface area contributed by atoms with Gasteiger partial charge in [-0.2, -0.15) is 0 Å². The van der Waals surface area contributed by atoms with Gasteiger partial charge in [0.05, 0.1) is 0 Å². The van der Waals surface area contributed by atoms with Gasteiger partial charge in [0.15, 0.2) is 0 Å². The molecule has 6 heteroatoms. The quantitative estimate of drug-likeness (QED) is 0.797. The van der Waals surface area contributed by atoms with E-state index in [-0.39, 0.29) is 12.0 Å². The van der Waals surface area contributed by atoms with Crippen molar-refractivity contribution in [3.05, 3.63) is 34.3 Å². The highest BCUT2D eigenvalue weighted by Gasteiger charge is 2.15. The summed E-state index contributed by atoms with van der Waals surface area (Å²) in [6, 6.07) is 5.47. The number of hydrogen-bond donors (Lipinski definition) is 0. The second-order valence-corrected chi connectivity index (χ2v) is 7.37. The molecule has 1 rings (SSSR count). The van der Waals surface area contributed by atoms with Crippen LogP contribution in [-0.4, -0.2) is 11.7 Å². The van der Waals surface area contributed by atoms with E-state index in [1.54, 1.807) is 6.07 Å². The zero-order chi connectivity index (χ0) is 14.1. The van der Waals surface area contributed by atoms with E-state index in [0.29, 0.717) is 10.6 Å². The SMILES string of the molecule is CN(Cc1ccc(C(C)(C)C)cc1Cl)P(=O)([O-])[O-]. The van der Waals surface area contributed by atoms with E-state index >= 15 is 0 Å². The number of benzene rings is 1. The first-order valence-electron chi connectivity index (χ1n) is 5.54. The summed E-state index contributed by atoms with van der Waals surface area (Å²) in [5.41, 5.74) is 1.66. The van der Waals surface area contributed by atoms with Crippen LogP contribution in [0.15, 0.2) is 18.2 Å². The summed E-state index contributed by atoms with van der Waals surface area (Å²) in [5.74, 6) is 0. The Bertz CT molecular complexity index is 479. The fourth-order valence-electron chi connectivity index (χ4n) is 1.48. The fourth-order valence-corrected chi connectivity index (χ4v) is 2.04. The van der Waals surface area contributed by atoms with E-state index in [9.17, 15) is 14.4 Å². The Hall–Kier alpha value is -0.380. The first kappa shape index (κ1) is 15.7. The summed E-state index contributed by atoms with van der Waals surface area (Å²) in [7, 11) is -3.47. The monoisotopic (exact) mass is 289 g/mol. The van der Waals surface area contributed by atoms with E-state index in [4.69, 9.17) is 11.6 Å². The van der Waals surface area contributed by atoms with Crippen molar-refractivity contribution in [3.8, 4) is 0 Å². The number of hydrogen-bond acceptors (Lipinski definition) is 3. The maximum absolute atomic E-state index is 10.8. The van der Waals surface area contributed by atoms with Crippen LogP contribution in [0.3, 0.4) is 0 Å². The maximum Gasteiger partial charge on any atom is 0.0454 e. The van der Waals surface area contributed by atoms with Gasteiger partial charge in [-0.05, 0) is 29.7 Å². The molecule has 0 aliphatic heterocycles. The molecule has 0 bridgehead atoms. The molecule has 0 saturated carbocycles. The average molecular weight is 290 g/mol. The maximum atomic E-state index is 10.8. The van der Waals surface area contributed by atoms with E-state index in [1.807, 2.05) is 12.1 Å². The molecule has 1 aromatic rings. The van der Waals surface area contributed by atoms with Crippen LogP contribution in [0.1, 0.15) is 31.9 Å². The first-order valence-corrected chi connectivity index (χ1v) is 7.42. The van der Waals surface area contributed by atoms with Crippen LogP contribution in [0.25, 0.3) is 0 Å². The molecule has 0 fully saturated rings. The molecule has 0 unspecified atom stereocenters. The first-order chi connectivity index (χ1) is 8.01. The highest BCUT2D eigenvalue weighted by molar-refractivity contribution is 7.46. The smallest absolute Gasteiger partial charge is 0.0454 e. The zero-order valence-electron chi connectivity index (χ0n) is 10.9. The van der Waals surface area contributed by atoms with Gasteiger partial charge >= 0.3 is 0 Å². The lowest BCUT2D eigenvalue weighted by Crippen LogP contribution is -2.29. The van der Waals surface area contributed by atoms with Crippen molar-refractivity contribution < 1.29 is 14.4 Å². The average Bonchev–Trinajstić information content (AvgIpc) is 2.17. The topological polar surface area (TPSA) is 66.4 Å². The van der Waals surface area contributed by atoms with Gasteiger partial charge in [0.1, 0.15) is 0 Å². The van der Waals surface area contributed by atoms with Crippen molar-refractivity contribution in [1.82, 2.24) is 4.67 Å². The predicted octanol–water partition coefficient (Wildman–Crippen LogP) is 1.90. The van der Waals surface area contributed by atoms with Gasteiger partial charge in [-0.3, -0.25) is 4.67 Å². The van der Waals surface area contributed by atoms with Crippen molar-refractivity contribution in [3.63, 3.8) is 0 Å². The molecule has 0 aliphatic carbocycles. The summed E-state index contributed by atoms with van der Waals surface area (Å²) in [6.07, 6.45) is 0. The Morgan fingerprint density at radius 3 is 2.28 bits per heavy atom. The lowest BCUT2D eigenvalue weighted by Gasteiger charge is -2.39. The third kappa shape index (κ3) is 4.08. The molecule has 18 heavy (non-hydrogen) atoms. The zero-order valence-corrected chi connectivity index (χ0v) is 12.6. The van der Waals surface area contributed by atoms with Crippen molar-refractivity contribution in [2.24, 2.45) is 0 Å². The van der Waals surface area contributed by atoms with E-state index in [1.165, 1.54) is 7.05 Å². The second kappa shape index (κ2) is 5.32. The predicted molar refractivity (Wildman–Crippen MR) is 69.2 cm³/mol. The highest BCUT2D eigenvalue weighted by Crippen LogP contribution is 2.33. The second-order valence-electron chi connectivity index (χ2n) is 5.34. The van der Waals surface area contributed by atoms with Gasteiger partial charge in [0.25, 0.3) is 0 Å². The largest absolute Gasteiger partial charge is 0.799 e. The third-order valence-corrected chi connectivity index (χ3v) is 4.07. The van der Waals surface area contributed by atoms with Crippen molar-refractivity contribution in [2.45, 2.75) is 32.7 Å². The van der Waals surface area contributed by atoms with E-state index in [0.717, 1.165) is 10.2 Å². The van der Waals surface area contributed by atoms with Crippen LogP contribution < -0.4 is 9.79 Å². The lowest BCUT2D eigenvalue weighted by molar-refractivity contribution is -0.328. The van der Waals surface area contributed by atoms with Crippen LogP contribution in [0.5, 0.6) is 0 Å². The number of nitrogens with zero attached hydrogens (tertiary/aromatic N) is 1. The van der Waals surface area contributed by atoms with Gasteiger partial charge in [0.2, 0.25) is 0 Å². The van der Waals surface area contributed by atoms with E-state index in [2.05, 4.69) is 20.8 Å². The summed E-state index contributed by atoms with van der Waals surface area (Å²) in [6.45, 7) is 6.18. The van der Waals surface area contributed by atoms with Crippen molar-refractivity contribution in [2.75, 3.05) is 7.05 Å². The molecular formula is C12H17ClNO3P-2. The molecule has 0 atom stereocenters. The summed E-state index contributed by atoms with van der Waals surface area (Å²) < 4.78 is 11.6. The normalized spacial score (nSPS) is 13.1. The standard InChI is InChI=1S/C12H19ClNO3P/c1-12(2,3)10-6-5-9(11(13)7-10)8-14(4)18(15,16)17/h5-7H,8H2,1-4H3,(H2,15,16,17)/p-2. The Balaban J connectivity index is 2.97. The van der Waals surface area contributed by atoms with Gasteiger partial charge in [-0.25, -0.2) is 0 Å². The molecular weight excluding hydrogens is 273 g/mol. The Morgan fingerprint density at radius 1 is 1.33 bits per heavy atom. The molecule has 102 valence electrons. The summed E-state index contributed by atoms with van der Waals surface area (Å²) in [5, 5.41) is 0.475. The van der Waals surface area contributed by atoms with Crippen LogP contribution >= 0.6 is 19.3 Å². The Morgan fingerprint density at radius 2 is 1.89 bits per heavy atom. The van der Waals surface area contributed by atoms with Crippen molar-refractivity contribution >= 4 is 19.3 Å². The molecule has 0 amide bonds. The van der Waals surface area contributed by atoms with Crippen molar-refractivity contribution in [1.29, 1.82) is 0 Å². The highest BCUT2D eigenvalue weighted by atomic mass is 35.5. The molecule has 0 aliphatic rings. The molecule has 0 saturated heterocycles. The van der Waals surface area contributed by atoms with Gasteiger partial charge in [-0.15, -0.1) is 0 Å². The number of halogens is 1. The van der Waals surface area contributed by atoms with Crippen LogP contribution in [0, 0.1) is 0 Å². The van der Waals surface area contributed by atoms with E-state index < -0.39 is 7.75 Å². The van der Waals surface area contributed by atoms with Gasteiger partial charge in [0, 0.05) is 19.3 Å². The molecule has 0 aromatic heterocycles. The minimum Gasteiger partial charge on any atom is -0.799 e. The minimum atomic E-state index is -4.71. The lowest BCUT2D eigenvalue weighted by atomic mass is 9.86. The summed E-state index contributed by atoms with van der Waals surface area (Å²) >= 11 is 6.11. The molecule has 0 radical (unpaired) electrons. The molecule has 0 spiro atoms. The van der Waals surface area contributed by atoms with Gasteiger partial charge in [-0.1, -0.05) is 44.5 Å². The van der Waals surface area contributed by atoms with Crippen LogP contribution in [0.2, 0.25) is 5.02 Å². The molecule has 1 aromatic carbocycles. The Labute approximate surface area is 113 Å². The van der Waals surface area contributed by atoms with Gasteiger partial charge < -0.3 is 14.4 Å². The van der Waals surface area contributed by atoms with Crippen LogP contribution in [0.4, 0.5) is 0 Å². The fraction of sp³-hybridized carbons (Fsp3) is 0.500. The molecule has 4 nitrogen and oxygen atoms in total. The third-order valence-electron chi connectivity index (χ3n) is 2.74. The van der Waals surface area contributed by atoms with Crippen LogP contribution in [-0.2, 0) is 16.5 Å². The molecule has 0 N–H and O–H groups in total. The summed E-state index contributed by atoms with van der Waals surface area (Å²) in [4.78, 5) is 21.7. The number of rotatable bonds is 3.